The van der Waals surface area contributed by atoms with Gasteiger partial charge in [0.05, 0.1) is 0 Å². The van der Waals surface area contributed by atoms with Crippen LogP contribution in [0.5, 0.6) is 0 Å². The Labute approximate surface area is 102 Å². The van der Waals surface area contributed by atoms with Crippen LogP contribution in [0.4, 0.5) is 4.39 Å². The minimum absolute atomic E-state index is 0.203. The molecule has 0 aliphatic heterocycles. The molecule has 1 aromatic rings. The normalized spacial score (nSPS) is 24.6. The highest BCUT2D eigenvalue weighted by atomic mass is 19.1. The van der Waals surface area contributed by atoms with Crippen molar-refractivity contribution in [3.05, 3.63) is 35.6 Å². The van der Waals surface area contributed by atoms with Gasteiger partial charge in [-0.1, -0.05) is 31.9 Å². The first-order valence-electron chi connectivity index (χ1n) is 6.42. The molecule has 92 valence electrons. The molecule has 1 aliphatic rings. The monoisotopic (exact) mass is 234 g/mol. The van der Waals surface area contributed by atoms with E-state index in [0.717, 1.165) is 37.2 Å². The minimum atomic E-state index is -0.257. The Kier molecular flexibility index (Phi) is 3.93. The summed E-state index contributed by atoms with van der Waals surface area (Å²) >= 11 is 0. The summed E-state index contributed by atoms with van der Waals surface area (Å²) < 4.78 is 13.0. The molecule has 1 nitrogen and oxygen atoms in total. The molecule has 0 N–H and O–H groups in total. The van der Waals surface area contributed by atoms with Gasteiger partial charge in [0.15, 0.2) is 0 Å². The highest BCUT2D eigenvalue weighted by Crippen LogP contribution is 2.29. The Bertz CT molecular complexity index is 392. The zero-order valence-electron chi connectivity index (χ0n) is 10.3. The molecule has 0 unspecified atom stereocenters. The number of halogens is 1. The van der Waals surface area contributed by atoms with Crippen molar-refractivity contribution in [3.63, 3.8) is 0 Å². The second kappa shape index (κ2) is 5.44. The Morgan fingerprint density at radius 3 is 2.65 bits per heavy atom. The lowest BCUT2D eigenvalue weighted by Crippen LogP contribution is -2.22. The summed E-state index contributed by atoms with van der Waals surface area (Å²) in [6.07, 6.45) is 4.71. The number of Topliss-reactive ketones (excluding diaryl/α,β-unsaturated/α-hetero) is 1. The second-order valence-electron chi connectivity index (χ2n) is 5.23. The zero-order chi connectivity index (χ0) is 12.3. The fourth-order valence-electron chi connectivity index (χ4n) is 2.57. The van der Waals surface area contributed by atoms with E-state index in [1.165, 1.54) is 12.1 Å². The fraction of sp³-hybridized carbons (Fsp3) is 0.533. The van der Waals surface area contributed by atoms with Crippen molar-refractivity contribution in [2.75, 3.05) is 0 Å². The molecule has 0 aromatic heterocycles. The maximum Gasteiger partial charge on any atom is 0.140 e. The van der Waals surface area contributed by atoms with Crippen LogP contribution in [0, 0.1) is 17.7 Å². The molecule has 2 rings (SSSR count). The largest absolute Gasteiger partial charge is 0.299 e. The summed E-state index contributed by atoms with van der Waals surface area (Å²) in [7, 11) is 0. The maximum absolute atomic E-state index is 13.0. The summed E-state index contributed by atoms with van der Waals surface area (Å²) in [4.78, 5) is 12.1. The van der Waals surface area contributed by atoms with E-state index in [1.807, 2.05) is 6.07 Å². The molecule has 0 heterocycles. The maximum atomic E-state index is 13.0. The number of ketones is 1. The third kappa shape index (κ3) is 3.39. The van der Waals surface area contributed by atoms with Crippen LogP contribution >= 0.6 is 0 Å². The molecule has 0 amide bonds. The summed E-state index contributed by atoms with van der Waals surface area (Å²) in [6, 6.07) is 6.37. The van der Waals surface area contributed by atoms with Crippen molar-refractivity contribution in [1.82, 2.24) is 0 Å². The third-order valence-corrected chi connectivity index (χ3v) is 3.74. The molecule has 0 bridgehead atoms. The van der Waals surface area contributed by atoms with E-state index in [4.69, 9.17) is 0 Å². The van der Waals surface area contributed by atoms with E-state index in [2.05, 4.69) is 6.92 Å². The lowest BCUT2D eigenvalue weighted by molar-refractivity contribution is -0.123. The molecular weight excluding hydrogens is 215 g/mol. The van der Waals surface area contributed by atoms with Gasteiger partial charge in [0.1, 0.15) is 11.6 Å². The van der Waals surface area contributed by atoms with Gasteiger partial charge in [-0.15, -0.1) is 0 Å². The van der Waals surface area contributed by atoms with Crippen LogP contribution in [0.25, 0.3) is 0 Å². The Balaban J connectivity index is 1.93. The van der Waals surface area contributed by atoms with Gasteiger partial charge in [-0.05, 0) is 36.5 Å². The number of benzene rings is 1. The zero-order valence-corrected chi connectivity index (χ0v) is 10.3. The van der Waals surface area contributed by atoms with Gasteiger partial charge in [0, 0.05) is 12.3 Å². The number of carbonyl (C=O) groups is 1. The van der Waals surface area contributed by atoms with Crippen molar-refractivity contribution in [2.45, 2.75) is 39.0 Å². The average molecular weight is 234 g/mol. The van der Waals surface area contributed by atoms with Crippen LogP contribution in [-0.2, 0) is 11.2 Å². The van der Waals surface area contributed by atoms with Crippen molar-refractivity contribution in [3.8, 4) is 0 Å². The van der Waals surface area contributed by atoms with Crippen LogP contribution in [-0.4, -0.2) is 5.78 Å². The number of hydrogen-bond donors (Lipinski definition) is 0. The van der Waals surface area contributed by atoms with E-state index < -0.39 is 0 Å². The first-order valence-corrected chi connectivity index (χ1v) is 6.42. The van der Waals surface area contributed by atoms with E-state index in [1.54, 1.807) is 6.07 Å². The Hall–Kier alpha value is -1.18. The molecule has 0 radical (unpaired) electrons. The Morgan fingerprint density at radius 2 is 2.00 bits per heavy atom. The quantitative estimate of drug-likeness (QED) is 0.778. The molecule has 17 heavy (non-hydrogen) atoms. The van der Waals surface area contributed by atoms with Gasteiger partial charge in [-0.25, -0.2) is 4.39 Å². The van der Waals surface area contributed by atoms with Gasteiger partial charge in [-0.2, -0.15) is 0 Å². The van der Waals surface area contributed by atoms with Gasteiger partial charge in [0.2, 0.25) is 0 Å². The molecular formula is C15H19FO. The van der Waals surface area contributed by atoms with Gasteiger partial charge < -0.3 is 0 Å². The first kappa shape index (κ1) is 12.3. The van der Waals surface area contributed by atoms with E-state index >= 15 is 0 Å². The lowest BCUT2D eigenvalue weighted by Gasteiger charge is -2.25. The predicted octanol–water partition coefficient (Wildman–Crippen LogP) is 3.76. The molecule has 0 spiro atoms. The third-order valence-electron chi connectivity index (χ3n) is 3.74. The molecule has 1 aromatic carbocycles. The SMILES string of the molecule is CC1CCC(C(=O)Cc2cccc(F)c2)CC1. The van der Waals surface area contributed by atoms with Crippen LogP contribution in [0.15, 0.2) is 24.3 Å². The van der Waals surface area contributed by atoms with Crippen LogP contribution in [0.2, 0.25) is 0 Å². The molecule has 1 aliphatic carbocycles. The van der Waals surface area contributed by atoms with E-state index in [0.29, 0.717) is 6.42 Å². The summed E-state index contributed by atoms with van der Waals surface area (Å²) in [5.41, 5.74) is 0.800. The van der Waals surface area contributed by atoms with Crippen LogP contribution < -0.4 is 0 Å². The average Bonchev–Trinajstić information content (AvgIpc) is 2.29. The smallest absolute Gasteiger partial charge is 0.140 e. The van der Waals surface area contributed by atoms with Gasteiger partial charge in [0.25, 0.3) is 0 Å². The number of rotatable bonds is 3. The van der Waals surface area contributed by atoms with Crippen LogP contribution in [0.3, 0.4) is 0 Å². The van der Waals surface area contributed by atoms with E-state index in [-0.39, 0.29) is 17.5 Å². The molecule has 1 fully saturated rings. The molecule has 0 atom stereocenters. The van der Waals surface area contributed by atoms with Crippen LogP contribution in [0.1, 0.15) is 38.2 Å². The molecule has 2 heteroatoms. The highest BCUT2D eigenvalue weighted by molar-refractivity contribution is 5.83. The second-order valence-corrected chi connectivity index (χ2v) is 5.23. The van der Waals surface area contributed by atoms with Crippen molar-refractivity contribution in [1.29, 1.82) is 0 Å². The number of hydrogen-bond acceptors (Lipinski definition) is 1. The van der Waals surface area contributed by atoms with Crippen molar-refractivity contribution in [2.24, 2.45) is 11.8 Å². The Morgan fingerprint density at radius 1 is 1.29 bits per heavy atom. The minimum Gasteiger partial charge on any atom is -0.299 e. The van der Waals surface area contributed by atoms with Crippen molar-refractivity contribution >= 4 is 5.78 Å². The van der Waals surface area contributed by atoms with Gasteiger partial charge >= 0.3 is 0 Å². The summed E-state index contributed by atoms with van der Waals surface area (Å²) in [6.45, 7) is 2.24. The molecule has 0 saturated heterocycles. The molecule has 1 saturated carbocycles. The summed E-state index contributed by atoms with van der Waals surface area (Å²) in [5.74, 6) is 0.984. The summed E-state index contributed by atoms with van der Waals surface area (Å²) in [5, 5.41) is 0. The van der Waals surface area contributed by atoms with Crippen molar-refractivity contribution < 1.29 is 9.18 Å². The first-order chi connectivity index (χ1) is 8.15. The van der Waals surface area contributed by atoms with Gasteiger partial charge in [-0.3, -0.25) is 4.79 Å². The van der Waals surface area contributed by atoms with E-state index in [9.17, 15) is 9.18 Å². The standard InChI is InChI=1S/C15H19FO/c1-11-5-7-13(8-6-11)15(17)10-12-3-2-4-14(16)9-12/h2-4,9,11,13H,5-8,10H2,1H3. The number of carbonyl (C=O) groups excluding carboxylic acids is 1. The topological polar surface area (TPSA) is 17.1 Å². The lowest BCUT2D eigenvalue weighted by atomic mass is 9.80. The highest BCUT2D eigenvalue weighted by Gasteiger charge is 2.24. The predicted molar refractivity (Wildman–Crippen MR) is 66.2 cm³/mol. The fourth-order valence-corrected chi connectivity index (χ4v) is 2.57.